The van der Waals surface area contributed by atoms with Crippen molar-refractivity contribution in [2.45, 2.75) is 19.1 Å². The van der Waals surface area contributed by atoms with Crippen molar-refractivity contribution >= 4 is 28.4 Å². The van der Waals surface area contributed by atoms with Crippen molar-refractivity contribution < 1.29 is 22.8 Å². The Balaban J connectivity index is 1.50. The molecule has 0 fully saturated rings. The third-order valence-corrected chi connectivity index (χ3v) is 6.06. The molecule has 0 bridgehead atoms. The average molecular weight is 463 g/mol. The maximum Gasteiger partial charge on any atom is 0.416 e. The predicted octanol–water partition coefficient (Wildman–Crippen LogP) is 5.68. The molecule has 2 amide bonds. The van der Waals surface area contributed by atoms with Crippen molar-refractivity contribution in [2.75, 3.05) is 11.9 Å². The molecule has 3 aromatic carbocycles. The molecule has 0 saturated carbocycles. The molecule has 2 heterocycles. The molecular weight excluding hydrogens is 443 g/mol. The van der Waals surface area contributed by atoms with Crippen LogP contribution in [-0.4, -0.2) is 28.2 Å². The number of anilines is 1. The summed E-state index contributed by atoms with van der Waals surface area (Å²) in [6.45, 7) is 1.61. The first-order chi connectivity index (χ1) is 16.2. The van der Waals surface area contributed by atoms with Gasteiger partial charge in [0.15, 0.2) is 0 Å². The van der Waals surface area contributed by atoms with Gasteiger partial charge in [0.1, 0.15) is 6.54 Å². The SMILES string of the molecule is Cc1[nH]c2ccccc2c1[C@@H]1c2ccccc2C(=O)N1CC(=O)Nc1cccc(C(F)(F)F)c1. The Morgan fingerprint density at radius 1 is 1.03 bits per heavy atom. The number of fused-ring (bicyclic) bond motifs is 2. The highest BCUT2D eigenvalue weighted by atomic mass is 19.4. The van der Waals surface area contributed by atoms with Gasteiger partial charge in [0.2, 0.25) is 5.91 Å². The summed E-state index contributed by atoms with van der Waals surface area (Å²) in [5.41, 5.74) is 3.13. The van der Waals surface area contributed by atoms with Crippen molar-refractivity contribution in [1.82, 2.24) is 9.88 Å². The fourth-order valence-electron chi connectivity index (χ4n) is 4.62. The zero-order valence-electron chi connectivity index (χ0n) is 18.1. The first-order valence-corrected chi connectivity index (χ1v) is 10.7. The molecule has 2 N–H and O–H groups in total. The molecule has 172 valence electrons. The number of amides is 2. The van der Waals surface area contributed by atoms with E-state index < -0.39 is 23.7 Å². The fourth-order valence-corrected chi connectivity index (χ4v) is 4.62. The van der Waals surface area contributed by atoms with Crippen LogP contribution in [0.5, 0.6) is 0 Å². The molecular formula is C26H20F3N3O2. The number of para-hydroxylation sites is 1. The van der Waals surface area contributed by atoms with E-state index in [-0.39, 0.29) is 18.1 Å². The van der Waals surface area contributed by atoms with Crippen LogP contribution in [0.2, 0.25) is 0 Å². The van der Waals surface area contributed by atoms with Crippen molar-refractivity contribution in [1.29, 1.82) is 0 Å². The van der Waals surface area contributed by atoms with E-state index in [1.54, 1.807) is 12.1 Å². The van der Waals surface area contributed by atoms with E-state index in [9.17, 15) is 22.8 Å². The second-order valence-electron chi connectivity index (χ2n) is 8.26. The molecule has 34 heavy (non-hydrogen) atoms. The van der Waals surface area contributed by atoms with Gasteiger partial charge >= 0.3 is 6.18 Å². The van der Waals surface area contributed by atoms with Crippen LogP contribution in [0.25, 0.3) is 10.9 Å². The maximum absolute atomic E-state index is 13.3. The maximum atomic E-state index is 13.3. The third-order valence-electron chi connectivity index (χ3n) is 6.06. The Morgan fingerprint density at radius 2 is 1.76 bits per heavy atom. The second-order valence-corrected chi connectivity index (χ2v) is 8.26. The molecule has 1 aliphatic heterocycles. The molecule has 1 atom stereocenters. The molecule has 0 unspecified atom stereocenters. The number of hydrogen-bond acceptors (Lipinski definition) is 2. The summed E-state index contributed by atoms with van der Waals surface area (Å²) < 4.78 is 39.1. The van der Waals surface area contributed by atoms with E-state index in [4.69, 9.17) is 0 Å². The number of hydrogen-bond donors (Lipinski definition) is 2. The summed E-state index contributed by atoms with van der Waals surface area (Å²) in [5.74, 6) is -0.882. The average Bonchev–Trinajstić information content (AvgIpc) is 3.26. The Hall–Kier alpha value is -4.07. The minimum Gasteiger partial charge on any atom is -0.358 e. The van der Waals surface area contributed by atoms with Crippen LogP contribution < -0.4 is 5.32 Å². The van der Waals surface area contributed by atoms with Gasteiger partial charge in [-0.3, -0.25) is 9.59 Å². The third kappa shape index (κ3) is 3.71. The van der Waals surface area contributed by atoms with Gasteiger partial charge in [0.25, 0.3) is 5.91 Å². The van der Waals surface area contributed by atoms with Crippen LogP contribution in [0.1, 0.15) is 38.8 Å². The van der Waals surface area contributed by atoms with E-state index in [1.165, 1.54) is 17.0 Å². The predicted molar refractivity (Wildman–Crippen MR) is 122 cm³/mol. The molecule has 5 rings (SSSR count). The normalized spacial score (nSPS) is 15.6. The quantitative estimate of drug-likeness (QED) is 0.409. The Bertz CT molecular complexity index is 1420. The lowest BCUT2D eigenvalue weighted by molar-refractivity contribution is -0.137. The molecule has 5 nitrogen and oxygen atoms in total. The first kappa shape index (κ1) is 21.8. The summed E-state index contributed by atoms with van der Waals surface area (Å²) >= 11 is 0. The molecule has 8 heteroatoms. The van der Waals surface area contributed by atoms with E-state index in [2.05, 4.69) is 10.3 Å². The van der Waals surface area contributed by atoms with Crippen molar-refractivity contribution in [2.24, 2.45) is 0 Å². The van der Waals surface area contributed by atoms with Crippen molar-refractivity contribution in [3.8, 4) is 0 Å². The molecule has 0 aliphatic carbocycles. The molecule has 0 spiro atoms. The number of carbonyl (C=O) groups is 2. The minimum absolute atomic E-state index is 0.0174. The summed E-state index contributed by atoms with van der Waals surface area (Å²) in [5, 5.41) is 3.45. The number of carbonyl (C=O) groups excluding carboxylic acids is 2. The lowest BCUT2D eigenvalue weighted by atomic mass is 9.95. The number of H-pyrrole nitrogens is 1. The number of alkyl halides is 3. The van der Waals surface area contributed by atoms with E-state index >= 15 is 0 Å². The summed E-state index contributed by atoms with van der Waals surface area (Å²) in [6.07, 6.45) is -4.52. The number of aromatic nitrogens is 1. The Kier molecular flexibility index (Phi) is 5.16. The van der Waals surface area contributed by atoms with Gasteiger partial charge in [-0.15, -0.1) is 0 Å². The zero-order valence-corrected chi connectivity index (χ0v) is 18.1. The van der Waals surface area contributed by atoms with Crippen LogP contribution in [0.4, 0.5) is 18.9 Å². The van der Waals surface area contributed by atoms with Crippen LogP contribution in [-0.2, 0) is 11.0 Å². The van der Waals surface area contributed by atoms with Gasteiger partial charge in [-0.25, -0.2) is 0 Å². The number of rotatable bonds is 4. The van der Waals surface area contributed by atoms with Gasteiger partial charge in [0, 0.05) is 33.4 Å². The Labute approximate surface area is 193 Å². The summed E-state index contributed by atoms with van der Waals surface area (Å²) in [4.78, 5) is 31.0. The minimum atomic E-state index is -4.52. The highest BCUT2D eigenvalue weighted by molar-refractivity contribution is 6.04. The number of benzene rings is 3. The van der Waals surface area contributed by atoms with Gasteiger partial charge in [-0.1, -0.05) is 42.5 Å². The number of nitrogens with zero attached hydrogens (tertiary/aromatic N) is 1. The lowest BCUT2D eigenvalue weighted by Crippen LogP contribution is -2.36. The summed E-state index contributed by atoms with van der Waals surface area (Å²) in [7, 11) is 0. The highest BCUT2D eigenvalue weighted by Gasteiger charge is 2.40. The van der Waals surface area contributed by atoms with Gasteiger partial charge in [0.05, 0.1) is 11.6 Å². The molecule has 4 aromatic rings. The highest BCUT2D eigenvalue weighted by Crippen LogP contribution is 2.42. The van der Waals surface area contributed by atoms with Crippen molar-refractivity contribution in [3.05, 3.63) is 101 Å². The van der Waals surface area contributed by atoms with Crippen LogP contribution in [0.15, 0.2) is 72.8 Å². The number of halogens is 3. The van der Waals surface area contributed by atoms with E-state index in [0.29, 0.717) is 5.56 Å². The number of aromatic amines is 1. The van der Waals surface area contributed by atoms with E-state index in [1.807, 2.05) is 43.3 Å². The molecule has 0 saturated heterocycles. The van der Waals surface area contributed by atoms with Crippen LogP contribution in [0.3, 0.4) is 0 Å². The lowest BCUT2D eigenvalue weighted by Gasteiger charge is -2.26. The monoisotopic (exact) mass is 463 g/mol. The van der Waals surface area contributed by atoms with Gasteiger partial charge in [-0.05, 0) is 42.8 Å². The smallest absolute Gasteiger partial charge is 0.358 e. The largest absolute Gasteiger partial charge is 0.416 e. The topological polar surface area (TPSA) is 65.2 Å². The van der Waals surface area contributed by atoms with E-state index in [0.717, 1.165) is 39.9 Å². The van der Waals surface area contributed by atoms with Crippen molar-refractivity contribution in [3.63, 3.8) is 0 Å². The second kappa shape index (κ2) is 8.06. The van der Waals surface area contributed by atoms with Crippen LogP contribution >= 0.6 is 0 Å². The molecule has 0 radical (unpaired) electrons. The fraction of sp³-hybridized carbons (Fsp3) is 0.154. The van der Waals surface area contributed by atoms with Gasteiger partial charge < -0.3 is 15.2 Å². The first-order valence-electron chi connectivity index (χ1n) is 10.7. The summed E-state index contributed by atoms with van der Waals surface area (Å²) in [6, 6.07) is 18.8. The van der Waals surface area contributed by atoms with Crippen LogP contribution in [0, 0.1) is 6.92 Å². The Morgan fingerprint density at radius 3 is 2.56 bits per heavy atom. The van der Waals surface area contributed by atoms with Gasteiger partial charge in [-0.2, -0.15) is 13.2 Å². The number of aryl methyl sites for hydroxylation is 1. The molecule has 1 aromatic heterocycles. The zero-order chi connectivity index (χ0) is 24.0. The number of nitrogens with one attached hydrogen (secondary N) is 2. The molecule has 1 aliphatic rings. The standard InChI is InChI=1S/C26H20F3N3O2/c1-15-23(20-11-4-5-12-21(20)30-15)24-18-9-2-3-10-19(18)25(34)32(24)14-22(33)31-17-8-6-7-16(13-17)26(27,28)29/h2-13,24,30H,14H2,1H3,(H,31,33)/t24-/m0/s1.